The Labute approximate surface area is 131 Å². The molecule has 2 amide bonds. The van der Waals surface area contributed by atoms with E-state index in [1.165, 1.54) is 0 Å². The largest absolute Gasteiger partial charge is 0.378 e. The van der Waals surface area contributed by atoms with Crippen LogP contribution in [0.2, 0.25) is 0 Å². The zero-order valence-electron chi connectivity index (χ0n) is 13.7. The molecule has 1 atom stereocenters. The van der Waals surface area contributed by atoms with Gasteiger partial charge in [-0.2, -0.15) is 0 Å². The molecule has 1 spiro atoms. The number of amides is 2. The van der Waals surface area contributed by atoms with Crippen LogP contribution in [0.1, 0.15) is 39.5 Å². The summed E-state index contributed by atoms with van der Waals surface area (Å²) < 4.78 is 11.9. The van der Waals surface area contributed by atoms with Crippen LogP contribution < -0.4 is 5.32 Å². The number of carbonyl (C=O) groups excluding carboxylic acids is 2. The number of nitrogens with zero attached hydrogens (tertiary/aromatic N) is 1. The summed E-state index contributed by atoms with van der Waals surface area (Å²) in [6.07, 6.45) is 3.13. The van der Waals surface area contributed by atoms with Gasteiger partial charge in [0.05, 0.1) is 18.8 Å². The summed E-state index contributed by atoms with van der Waals surface area (Å²) in [5, 5.41) is 2.64. The zero-order valence-corrected chi connectivity index (χ0v) is 13.7. The highest BCUT2D eigenvalue weighted by atomic mass is 16.6. The second-order valence-electron chi connectivity index (χ2n) is 7.52. The van der Waals surface area contributed by atoms with Crippen molar-refractivity contribution < 1.29 is 19.1 Å². The minimum absolute atomic E-state index is 0.0480. The van der Waals surface area contributed by atoms with Gasteiger partial charge in [0.25, 0.3) is 0 Å². The highest BCUT2D eigenvalue weighted by Crippen LogP contribution is 2.48. The van der Waals surface area contributed by atoms with Crippen molar-refractivity contribution in [3.05, 3.63) is 0 Å². The molecule has 3 rings (SSSR count). The number of rotatable bonds is 2. The van der Waals surface area contributed by atoms with Crippen LogP contribution in [0.15, 0.2) is 0 Å². The molecule has 0 aromatic heterocycles. The van der Waals surface area contributed by atoms with Crippen LogP contribution in [0.25, 0.3) is 0 Å². The van der Waals surface area contributed by atoms with Crippen molar-refractivity contribution in [2.24, 2.45) is 5.41 Å². The average molecular weight is 310 g/mol. The molecule has 6 heteroatoms. The third-order valence-corrected chi connectivity index (χ3v) is 4.94. The van der Waals surface area contributed by atoms with E-state index in [4.69, 9.17) is 9.47 Å². The van der Waals surface area contributed by atoms with E-state index in [1.807, 2.05) is 18.7 Å². The first kappa shape index (κ1) is 15.7. The van der Waals surface area contributed by atoms with E-state index in [0.717, 1.165) is 19.4 Å². The van der Waals surface area contributed by atoms with E-state index >= 15 is 0 Å². The molecule has 0 radical (unpaired) electrons. The Bertz CT molecular complexity index is 479. The Hall–Kier alpha value is -1.14. The van der Waals surface area contributed by atoms with Gasteiger partial charge < -0.3 is 19.7 Å². The van der Waals surface area contributed by atoms with Gasteiger partial charge in [0, 0.05) is 20.2 Å². The standard InChI is InChI=1S/C16H26N2O4/c1-14(2)9-18(10-15(22-14)5-4-8-21-11-15)13(20)16(6-7-16)12(19)17-3/h4-11H2,1-3H3,(H,17,19). The second-order valence-corrected chi connectivity index (χ2v) is 7.52. The molecule has 2 aliphatic heterocycles. The van der Waals surface area contributed by atoms with E-state index in [0.29, 0.717) is 32.5 Å². The second kappa shape index (κ2) is 5.20. The molecule has 2 saturated heterocycles. The van der Waals surface area contributed by atoms with Crippen molar-refractivity contribution >= 4 is 11.8 Å². The third-order valence-electron chi connectivity index (χ3n) is 4.94. The summed E-state index contributed by atoms with van der Waals surface area (Å²) in [6, 6.07) is 0. The predicted molar refractivity (Wildman–Crippen MR) is 80.3 cm³/mol. The van der Waals surface area contributed by atoms with E-state index in [2.05, 4.69) is 5.32 Å². The van der Waals surface area contributed by atoms with Gasteiger partial charge in [-0.3, -0.25) is 9.59 Å². The SMILES string of the molecule is CNC(=O)C1(C(=O)N2CC(C)(C)OC3(CCCOC3)C2)CC1. The predicted octanol–water partition coefficient (Wildman–Crippen LogP) is 0.699. The van der Waals surface area contributed by atoms with Gasteiger partial charge in [-0.15, -0.1) is 0 Å². The fourth-order valence-corrected chi connectivity index (χ4v) is 3.89. The third kappa shape index (κ3) is 2.63. The van der Waals surface area contributed by atoms with Gasteiger partial charge >= 0.3 is 0 Å². The normalized spacial score (nSPS) is 32.6. The molecule has 1 aliphatic carbocycles. The number of hydrogen-bond acceptors (Lipinski definition) is 4. The lowest BCUT2D eigenvalue weighted by molar-refractivity contribution is -0.233. The molecule has 6 nitrogen and oxygen atoms in total. The van der Waals surface area contributed by atoms with Crippen LogP contribution in [-0.4, -0.2) is 61.3 Å². The molecule has 3 fully saturated rings. The van der Waals surface area contributed by atoms with Gasteiger partial charge in [-0.05, 0) is 39.5 Å². The van der Waals surface area contributed by atoms with Crippen molar-refractivity contribution in [1.29, 1.82) is 0 Å². The molecular weight excluding hydrogens is 284 g/mol. The van der Waals surface area contributed by atoms with Gasteiger partial charge in [0.1, 0.15) is 11.0 Å². The Morgan fingerprint density at radius 2 is 1.86 bits per heavy atom. The monoisotopic (exact) mass is 310 g/mol. The summed E-state index contributed by atoms with van der Waals surface area (Å²) in [5.74, 6) is -0.205. The van der Waals surface area contributed by atoms with Gasteiger partial charge in [0.2, 0.25) is 11.8 Å². The quantitative estimate of drug-likeness (QED) is 0.762. The average Bonchev–Trinajstić information content (AvgIpc) is 3.26. The van der Waals surface area contributed by atoms with E-state index < -0.39 is 16.6 Å². The van der Waals surface area contributed by atoms with E-state index in [9.17, 15) is 9.59 Å². The van der Waals surface area contributed by atoms with Crippen LogP contribution in [0.3, 0.4) is 0 Å². The van der Waals surface area contributed by atoms with E-state index in [-0.39, 0.29) is 11.8 Å². The Morgan fingerprint density at radius 1 is 1.14 bits per heavy atom. The maximum atomic E-state index is 13.0. The first-order valence-electron chi connectivity index (χ1n) is 8.12. The van der Waals surface area contributed by atoms with Crippen LogP contribution in [0, 0.1) is 5.41 Å². The highest BCUT2D eigenvalue weighted by Gasteiger charge is 2.59. The summed E-state index contributed by atoms with van der Waals surface area (Å²) >= 11 is 0. The molecule has 1 N–H and O–H groups in total. The van der Waals surface area contributed by atoms with Crippen molar-refractivity contribution in [1.82, 2.24) is 10.2 Å². The minimum Gasteiger partial charge on any atom is -0.378 e. The first-order valence-corrected chi connectivity index (χ1v) is 8.12. The summed E-state index contributed by atoms with van der Waals surface area (Å²) in [4.78, 5) is 26.9. The first-order chi connectivity index (χ1) is 10.3. The van der Waals surface area contributed by atoms with Crippen molar-refractivity contribution in [3.63, 3.8) is 0 Å². The molecule has 0 aromatic carbocycles. The Morgan fingerprint density at radius 3 is 2.41 bits per heavy atom. The van der Waals surface area contributed by atoms with Crippen LogP contribution in [0.4, 0.5) is 0 Å². The number of ether oxygens (including phenoxy) is 2. The Kier molecular flexibility index (Phi) is 3.72. The smallest absolute Gasteiger partial charge is 0.238 e. The highest BCUT2D eigenvalue weighted by molar-refractivity contribution is 6.07. The summed E-state index contributed by atoms with van der Waals surface area (Å²) in [5.41, 5.74) is -1.68. The fraction of sp³-hybridized carbons (Fsp3) is 0.875. The minimum atomic E-state index is -0.834. The molecule has 124 valence electrons. The lowest BCUT2D eigenvalue weighted by Gasteiger charge is -2.51. The number of hydrogen-bond donors (Lipinski definition) is 1. The summed E-state index contributed by atoms with van der Waals surface area (Å²) in [6.45, 7) is 6.32. The van der Waals surface area contributed by atoms with Crippen LogP contribution in [0.5, 0.6) is 0 Å². The van der Waals surface area contributed by atoms with Crippen LogP contribution >= 0.6 is 0 Å². The summed E-state index contributed by atoms with van der Waals surface area (Å²) in [7, 11) is 1.59. The molecule has 2 heterocycles. The van der Waals surface area contributed by atoms with Gasteiger partial charge in [0.15, 0.2) is 0 Å². The number of morpholine rings is 1. The molecule has 1 saturated carbocycles. The molecule has 1 unspecified atom stereocenters. The van der Waals surface area contributed by atoms with Crippen molar-refractivity contribution in [2.75, 3.05) is 33.4 Å². The number of nitrogens with one attached hydrogen (secondary N) is 1. The Balaban J connectivity index is 1.81. The lowest BCUT2D eigenvalue weighted by atomic mass is 9.89. The van der Waals surface area contributed by atoms with Crippen LogP contribution in [-0.2, 0) is 19.1 Å². The van der Waals surface area contributed by atoms with Crippen molar-refractivity contribution in [3.8, 4) is 0 Å². The molecule has 0 aromatic rings. The zero-order chi connectivity index (χ0) is 16.0. The fourth-order valence-electron chi connectivity index (χ4n) is 3.89. The molecule has 22 heavy (non-hydrogen) atoms. The maximum Gasteiger partial charge on any atom is 0.238 e. The van der Waals surface area contributed by atoms with Crippen molar-refractivity contribution in [2.45, 2.75) is 50.7 Å². The van der Waals surface area contributed by atoms with Gasteiger partial charge in [-0.1, -0.05) is 0 Å². The number of carbonyl (C=O) groups is 2. The maximum absolute atomic E-state index is 13.0. The molecule has 3 aliphatic rings. The van der Waals surface area contributed by atoms with Gasteiger partial charge in [-0.25, -0.2) is 0 Å². The topological polar surface area (TPSA) is 67.9 Å². The lowest BCUT2D eigenvalue weighted by Crippen LogP contribution is -2.65. The molecular formula is C16H26N2O4. The van der Waals surface area contributed by atoms with E-state index in [1.54, 1.807) is 7.05 Å². The molecule has 0 bridgehead atoms.